The normalized spacial score (nSPS) is 10.1. The number of carbonyl (C=O) groups is 1. The largest absolute Gasteiger partial charge is 0.494 e. The van der Waals surface area contributed by atoms with E-state index in [0.29, 0.717) is 12.2 Å². The van der Waals surface area contributed by atoms with Gasteiger partial charge in [0.15, 0.2) is 0 Å². The third-order valence-electron chi connectivity index (χ3n) is 2.45. The van der Waals surface area contributed by atoms with Gasteiger partial charge in [0.2, 0.25) is 5.91 Å². The van der Waals surface area contributed by atoms with Gasteiger partial charge in [-0.25, -0.2) is 0 Å². The highest BCUT2D eigenvalue weighted by Crippen LogP contribution is 2.19. The summed E-state index contributed by atoms with van der Waals surface area (Å²) < 4.78 is 5.41. The zero-order valence-electron chi connectivity index (χ0n) is 9.95. The molecule has 1 aromatic carbocycles. The Labute approximate surface area is 96.6 Å². The van der Waals surface area contributed by atoms with E-state index in [4.69, 9.17) is 10.5 Å². The van der Waals surface area contributed by atoms with Gasteiger partial charge < -0.3 is 10.5 Å². The maximum absolute atomic E-state index is 11.2. The van der Waals surface area contributed by atoms with E-state index in [1.165, 1.54) is 0 Å². The van der Waals surface area contributed by atoms with Crippen LogP contribution in [0.2, 0.25) is 0 Å². The molecule has 1 aromatic rings. The van der Waals surface area contributed by atoms with E-state index >= 15 is 0 Å². The lowest BCUT2D eigenvalue weighted by atomic mass is 10.0. The average Bonchev–Trinajstić information content (AvgIpc) is 2.26. The fourth-order valence-corrected chi connectivity index (χ4v) is 1.64. The molecular weight excluding hydrogens is 202 g/mol. The molecule has 88 valence electrons. The molecule has 2 N–H and O–H groups in total. The lowest BCUT2D eigenvalue weighted by molar-refractivity contribution is 0.0999. The first-order valence-corrected chi connectivity index (χ1v) is 5.74. The van der Waals surface area contributed by atoms with Crippen molar-refractivity contribution in [1.82, 2.24) is 0 Å². The van der Waals surface area contributed by atoms with Crippen LogP contribution in [0.4, 0.5) is 0 Å². The van der Waals surface area contributed by atoms with Gasteiger partial charge in [-0.1, -0.05) is 13.3 Å². The van der Waals surface area contributed by atoms with E-state index in [1.54, 1.807) is 12.1 Å². The Kier molecular flexibility index (Phi) is 4.83. The molecule has 1 rings (SSSR count). The van der Waals surface area contributed by atoms with Crippen LogP contribution in [0.3, 0.4) is 0 Å². The molecule has 1 amide bonds. The second-order valence-electron chi connectivity index (χ2n) is 3.72. The minimum Gasteiger partial charge on any atom is -0.494 e. The van der Waals surface area contributed by atoms with Crippen molar-refractivity contribution in [3.63, 3.8) is 0 Å². The summed E-state index contributed by atoms with van der Waals surface area (Å²) in [5.74, 6) is 0.438. The fraction of sp³-hybridized carbons (Fsp3) is 0.462. The van der Waals surface area contributed by atoms with Crippen LogP contribution < -0.4 is 10.5 Å². The first kappa shape index (κ1) is 12.6. The number of nitrogens with two attached hydrogens (primary N) is 1. The van der Waals surface area contributed by atoms with Crippen LogP contribution in [0.5, 0.6) is 5.75 Å². The summed E-state index contributed by atoms with van der Waals surface area (Å²) in [6.45, 7) is 4.69. The molecule has 0 aliphatic rings. The first-order valence-electron chi connectivity index (χ1n) is 5.74. The van der Waals surface area contributed by atoms with E-state index < -0.39 is 0 Å². The summed E-state index contributed by atoms with van der Waals surface area (Å²) in [4.78, 5) is 11.2. The van der Waals surface area contributed by atoms with Crippen molar-refractivity contribution in [2.75, 3.05) is 6.61 Å². The van der Waals surface area contributed by atoms with Crippen LogP contribution in [-0.4, -0.2) is 12.5 Å². The molecule has 0 aliphatic carbocycles. The number of carbonyl (C=O) groups excluding carboxylic acids is 1. The Morgan fingerprint density at radius 3 is 2.69 bits per heavy atom. The second kappa shape index (κ2) is 6.16. The monoisotopic (exact) mass is 221 g/mol. The van der Waals surface area contributed by atoms with Gasteiger partial charge in [0.05, 0.1) is 6.61 Å². The van der Waals surface area contributed by atoms with Crippen LogP contribution in [0.15, 0.2) is 18.2 Å². The van der Waals surface area contributed by atoms with Gasteiger partial charge in [-0.05, 0) is 43.5 Å². The van der Waals surface area contributed by atoms with Crippen LogP contribution in [-0.2, 0) is 6.42 Å². The molecule has 0 aliphatic heterocycles. The molecule has 0 spiro atoms. The van der Waals surface area contributed by atoms with Crippen LogP contribution >= 0.6 is 0 Å². The maximum Gasteiger partial charge on any atom is 0.248 e. The minimum absolute atomic E-state index is 0.367. The summed E-state index contributed by atoms with van der Waals surface area (Å²) >= 11 is 0. The van der Waals surface area contributed by atoms with E-state index in [1.807, 2.05) is 13.0 Å². The zero-order valence-corrected chi connectivity index (χ0v) is 9.95. The Morgan fingerprint density at radius 2 is 2.12 bits per heavy atom. The molecule has 0 atom stereocenters. The van der Waals surface area contributed by atoms with Gasteiger partial charge in [-0.15, -0.1) is 0 Å². The smallest absolute Gasteiger partial charge is 0.248 e. The predicted octanol–water partition coefficient (Wildman–Crippen LogP) is 2.53. The molecule has 0 aromatic heterocycles. The topological polar surface area (TPSA) is 52.3 Å². The van der Waals surface area contributed by atoms with E-state index in [-0.39, 0.29) is 5.91 Å². The number of hydrogen-bond donors (Lipinski definition) is 1. The standard InChI is InChI=1S/C13H19NO2/c1-3-5-6-10-9-11(16-4-2)7-8-12(10)13(14)15/h7-9H,3-6H2,1-2H3,(H2,14,15). The van der Waals surface area contributed by atoms with Crippen molar-refractivity contribution in [3.05, 3.63) is 29.3 Å². The number of primary amides is 1. The zero-order chi connectivity index (χ0) is 12.0. The van der Waals surface area contributed by atoms with Crippen LogP contribution in [0.1, 0.15) is 42.6 Å². The van der Waals surface area contributed by atoms with Crippen molar-refractivity contribution >= 4 is 5.91 Å². The van der Waals surface area contributed by atoms with Gasteiger partial charge in [0, 0.05) is 5.56 Å². The summed E-state index contributed by atoms with van der Waals surface area (Å²) in [5, 5.41) is 0. The fourth-order valence-electron chi connectivity index (χ4n) is 1.64. The van der Waals surface area contributed by atoms with Crippen LogP contribution in [0.25, 0.3) is 0 Å². The van der Waals surface area contributed by atoms with Crippen molar-refractivity contribution in [1.29, 1.82) is 0 Å². The van der Waals surface area contributed by atoms with Crippen molar-refractivity contribution in [2.45, 2.75) is 33.1 Å². The highest BCUT2D eigenvalue weighted by molar-refractivity contribution is 5.94. The number of amides is 1. The van der Waals surface area contributed by atoms with Crippen molar-refractivity contribution < 1.29 is 9.53 Å². The Bertz CT molecular complexity index is 361. The molecule has 0 saturated carbocycles. The van der Waals surface area contributed by atoms with E-state index in [0.717, 1.165) is 30.6 Å². The maximum atomic E-state index is 11.2. The Balaban J connectivity index is 2.95. The number of unbranched alkanes of at least 4 members (excludes halogenated alkanes) is 1. The molecule has 16 heavy (non-hydrogen) atoms. The average molecular weight is 221 g/mol. The van der Waals surface area contributed by atoms with Gasteiger partial charge in [0.25, 0.3) is 0 Å². The van der Waals surface area contributed by atoms with Gasteiger partial charge in [-0.2, -0.15) is 0 Å². The van der Waals surface area contributed by atoms with Crippen LogP contribution in [0, 0.1) is 0 Å². The minimum atomic E-state index is -0.367. The van der Waals surface area contributed by atoms with E-state index in [2.05, 4.69) is 6.92 Å². The Morgan fingerprint density at radius 1 is 1.38 bits per heavy atom. The molecule has 0 bridgehead atoms. The van der Waals surface area contributed by atoms with Crippen molar-refractivity contribution in [2.24, 2.45) is 5.73 Å². The molecule has 0 heterocycles. The quantitative estimate of drug-likeness (QED) is 0.802. The number of hydrogen-bond acceptors (Lipinski definition) is 2. The summed E-state index contributed by atoms with van der Waals surface area (Å²) in [6.07, 6.45) is 3.02. The third kappa shape index (κ3) is 3.26. The lowest BCUT2D eigenvalue weighted by Crippen LogP contribution is -2.14. The number of rotatable bonds is 6. The van der Waals surface area contributed by atoms with E-state index in [9.17, 15) is 4.79 Å². The van der Waals surface area contributed by atoms with Crippen molar-refractivity contribution in [3.8, 4) is 5.75 Å². The van der Waals surface area contributed by atoms with Gasteiger partial charge in [-0.3, -0.25) is 4.79 Å². The number of ether oxygens (including phenoxy) is 1. The molecule has 3 heteroatoms. The summed E-state index contributed by atoms with van der Waals surface area (Å²) in [5.41, 5.74) is 6.93. The molecule has 3 nitrogen and oxygen atoms in total. The summed E-state index contributed by atoms with van der Waals surface area (Å²) in [7, 11) is 0. The lowest BCUT2D eigenvalue weighted by Gasteiger charge is -2.09. The van der Waals surface area contributed by atoms with Gasteiger partial charge in [0.1, 0.15) is 5.75 Å². The Hall–Kier alpha value is -1.51. The van der Waals surface area contributed by atoms with Gasteiger partial charge >= 0.3 is 0 Å². The predicted molar refractivity (Wildman–Crippen MR) is 64.7 cm³/mol. The third-order valence-corrected chi connectivity index (χ3v) is 2.45. The SMILES string of the molecule is CCCCc1cc(OCC)ccc1C(N)=O. The molecule has 0 fully saturated rings. The number of benzene rings is 1. The first-order chi connectivity index (χ1) is 7.69. The molecule has 0 saturated heterocycles. The molecular formula is C13H19NO2. The highest BCUT2D eigenvalue weighted by Gasteiger charge is 2.08. The summed E-state index contributed by atoms with van der Waals surface area (Å²) in [6, 6.07) is 5.45. The molecule has 0 unspecified atom stereocenters. The molecule has 0 radical (unpaired) electrons. The number of aryl methyl sites for hydroxylation is 1. The highest BCUT2D eigenvalue weighted by atomic mass is 16.5. The second-order valence-corrected chi connectivity index (χ2v) is 3.72.